The highest BCUT2D eigenvalue weighted by Crippen LogP contribution is 2.21. The first-order chi connectivity index (χ1) is 9.10. The van der Waals surface area contributed by atoms with E-state index in [1.54, 1.807) is 18.2 Å². The second-order valence-corrected chi connectivity index (χ2v) is 4.54. The number of hydrogen-bond donors (Lipinski definition) is 2. The first-order valence-electron chi connectivity index (χ1n) is 6.01. The number of carbonyl (C=O) groups is 1. The van der Waals surface area contributed by atoms with Gasteiger partial charge in [0.1, 0.15) is 11.5 Å². The molecule has 0 saturated carbocycles. The van der Waals surface area contributed by atoms with Crippen molar-refractivity contribution in [1.82, 2.24) is 0 Å². The van der Waals surface area contributed by atoms with Crippen LogP contribution in [0.1, 0.15) is 28.8 Å². The second kappa shape index (κ2) is 5.80. The van der Waals surface area contributed by atoms with Crippen LogP contribution in [0, 0.1) is 0 Å². The zero-order valence-corrected chi connectivity index (χ0v) is 11.3. The topological polar surface area (TPSA) is 68.3 Å². The summed E-state index contributed by atoms with van der Waals surface area (Å²) < 4.78 is 5.58. The Morgan fingerprint density at radius 2 is 2.05 bits per heavy atom. The van der Waals surface area contributed by atoms with E-state index in [2.05, 4.69) is 5.32 Å². The van der Waals surface area contributed by atoms with Gasteiger partial charge in [-0.15, -0.1) is 0 Å². The van der Waals surface area contributed by atoms with E-state index in [9.17, 15) is 4.79 Å². The number of nitrogens with two attached hydrogens (primary N) is 1. The summed E-state index contributed by atoms with van der Waals surface area (Å²) in [4.78, 5) is 11.1. The molecule has 100 valence electrons. The summed E-state index contributed by atoms with van der Waals surface area (Å²) in [7, 11) is 0. The van der Waals surface area contributed by atoms with E-state index in [1.807, 2.05) is 19.1 Å². The number of aryl methyl sites for hydroxylation is 1. The molecule has 0 radical (unpaired) electrons. The van der Waals surface area contributed by atoms with Gasteiger partial charge in [0.2, 0.25) is 5.91 Å². The highest BCUT2D eigenvalue weighted by Gasteiger charge is 2.07. The number of anilines is 1. The van der Waals surface area contributed by atoms with Crippen LogP contribution in [0.15, 0.2) is 34.7 Å². The lowest BCUT2D eigenvalue weighted by Gasteiger charge is -2.06. The average molecular weight is 279 g/mol. The Bertz CT molecular complexity index is 593. The van der Waals surface area contributed by atoms with Crippen molar-refractivity contribution in [2.75, 3.05) is 5.32 Å². The first kappa shape index (κ1) is 13.5. The van der Waals surface area contributed by atoms with Gasteiger partial charge in [0.15, 0.2) is 0 Å². The molecule has 2 aromatic rings. The molecular weight excluding hydrogens is 264 g/mol. The fourth-order valence-electron chi connectivity index (χ4n) is 1.72. The molecule has 0 unspecified atom stereocenters. The summed E-state index contributed by atoms with van der Waals surface area (Å²) in [6, 6.07) is 8.93. The van der Waals surface area contributed by atoms with Crippen molar-refractivity contribution in [3.05, 3.63) is 52.4 Å². The van der Waals surface area contributed by atoms with Crippen LogP contribution in [0.5, 0.6) is 0 Å². The number of halogens is 1. The molecule has 0 aliphatic carbocycles. The molecule has 0 fully saturated rings. The summed E-state index contributed by atoms with van der Waals surface area (Å²) >= 11 is 5.97. The molecule has 19 heavy (non-hydrogen) atoms. The molecule has 1 heterocycles. The largest absolute Gasteiger partial charge is 0.464 e. The van der Waals surface area contributed by atoms with Gasteiger partial charge in [0.05, 0.1) is 17.1 Å². The maximum atomic E-state index is 11.1. The fourth-order valence-corrected chi connectivity index (χ4v) is 2.00. The van der Waals surface area contributed by atoms with Gasteiger partial charge in [-0.2, -0.15) is 0 Å². The number of rotatable bonds is 5. The van der Waals surface area contributed by atoms with Crippen LogP contribution < -0.4 is 11.1 Å². The van der Waals surface area contributed by atoms with Crippen LogP contribution >= 0.6 is 11.6 Å². The zero-order valence-electron chi connectivity index (χ0n) is 10.6. The minimum absolute atomic E-state index is 0.318. The molecule has 0 saturated heterocycles. The van der Waals surface area contributed by atoms with E-state index in [0.717, 1.165) is 23.6 Å². The predicted molar refractivity (Wildman–Crippen MR) is 75.4 cm³/mol. The number of primary amides is 1. The van der Waals surface area contributed by atoms with E-state index < -0.39 is 5.91 Å². The van der Waals surface area contributed by atoms with Crippen molar-refractivity contribution in [1.29, 1.82) is 0 Å². The van der Waals surface area contributed by atoms with Crippen molar-refractivity contribution < 1.29 is 9.21 Å². The van der Waals surface area contributed by atoms with Gasteiger partial charge >= 0.3 is 0 Å². The number of nitrogens with one attached hydrogen (secondary N) is 1. The third-order valence-corrected chi connectivity index (χ3v) is 3.08. The molecule has 4 nitrogen and oxygen atoms in total. The monoisotopic (exact) mass is 278 g/mol. The lowest BCUT2D eigenvalue weighted by molar-refractivity contribution is 0.100. The maximum Gasteiger partial charge on any atom is 0.250 e. The molecule has 2 rings (SSSR count). The normalized spacial score (nSPS) is 10.4. The Kier molecular flexibility index (Phi) is 4.12. The van der Waals surface area contributed by atoms with Crippen molar-refractivity contribution in [2.24, 2.45) is 5.73 Å². The van der Waals surface area contributed by atoms with Gasteiger partial charge in [-0.25, -0.2) is 0 Å². The standard InChI is InChI=1S/C14H15ClN2O2/c1-2-10-4-5-11(19-10)8-17-9-3-6-12(14(16)18)13(15)7-9/h3-7,17H,2,8H2,1H3,(H2,16,18). The SMILES string of the molecule is CCc1ccc(CNc2ccc(C(N)=O)c(Cl)c2)o1. The lowest BCUT2D eigenvalue weighted by atomic mass is 10.2. The minimum Gasteiger partial charge on any atom is -0.464 e. The molecule has 5 heteroatoms. The summed E-state index contributed by atoms with van der Waals surface area (Å²) in [6.45, 7) is 2.60. The van der Waals surface area contributed by atoms with Crippen molar-refractivity contribution in [2.45, 2.75) is 19.9 Å². The van der Waals surface area contributed by atoms with Gasteiger partial charge in [-0.05, 0) is 30.3 Å². The first-order valence-corrected chi connectivity index (χ1v) is 6.38. The summed E-state index contributed by atoms with van der Waals surface area (Å²) in [5.74, 6) is 1.28. The van der Waals surface area contributed by atoms with Crippen LogP contribution in [0.4, 0.5) is 5.69 Å². The summed E-state index contributed by atoms with van der Waals surface area (Å²) in [5.41, 5.74) is 6.32. The van der Waals surface area contributed by atoms with Crippen LogP contribution in [0.25, 0.3) is 0 Å². The van der Waals surface area contributed by atoms with Crippen molar-refractivity contribution >= 4 is 23.2 Å². The fraction of sp³-hybridized carbons (Fsp3) is 0.214. The molecular formula is C14H15ClN2O2. The van der Waals surface area contributed by atoms with Crippen LogP contribution in [0.3, 0.4) is 0 Å². The summed E-state index contributed by atoms with van der Waals surface area (Å²) in [5, 5.41) is 3.51. The molecule has 0 bridgehead atoms. The minimum atomic E-state index is -0.532. The second-order valence-electron chi connectivity index (χ2n) is 4.13. The van der Waals surface area contributed by atoms with Crippen LogP contribution in [-0.2, 0) is 13.0 Å². The van der Waals surface area contributed by atoms with E-state index in [1.165, 1.54) is 0 Å². The zero-order chi connectivity index (χ0) is 13.8. The van der Waals surface area contributed by atoms with Gasteiger partial charge in [-0.1, -0.05) is 18.5 Å². The molecule has 1 aromatic carbocycles. The van der Waals surface area contributed by atoms with E-state index in [4.69, 9.17) is 21.8 Å². The van der Waals surface area contributed by atoms with Crippen LogP contribution in [0.2, 0.25) is 5.02 Å². The Balaban J connectivity index is 2.03. The molecule has 0 spiro atoms. The Hall–Kier alpha value is -1.94. The number of carbonyl (C=O) groups excluding carboxylic acids is 1. The highest BCUT2D eigenvalue weighted by atomic mass is 35.5. The number of benzene rings is 1. The molecule has 0 atom stereocenters. The van der Waals surface area contributed by atoms with Crippen molar-refractivity contribution in [3.63, 3.8) is 0 Å². The maximum absolute atomic E-state index is 11.1. The quantitative estimate of drug-likeness (QED) is 0.882. The predicted octanol–water partition coefficient (Wildman–Crippen LogP) is 3.21. The average Bonchev–Trinajstić information content (AvgIpc) is 2.84. The molecule has 1 aromatic heterocycles. The Morgan fingerprint density at radius 3 is 2.63 bits per heavy atom. The molecule has 0 aliphatic rings. The Morgan fingerprint density at radius 1 is 1.32 bits per heavy atom. The van der Waals surface area contributed by atoms with Gasteiger partial charge < -0.3 is 15.5 Å². The third kappa shape index (κ3) is 3.29. The number of amides is 1. The molecule has 0 aliphatic heterocycles. The van der Waals surface area contributed by atoms with E-state index in [-0.39, 0.29) is 0 Å². The number of hydrogen-bond acceptors (Lipinski definition) is 3. The van der Waals surface area contributed by atoms with E-state index in [0.29, 0.717) is 17.1 Å². The van der Waals surface area contributed by atoms with Gasteiger partial charge in [0, 0.05) is 12.1 Å². The number of furan rings is 1. The smallest absolute Gasteiger partial charge is 0.250 e. The third-order valence-electron chi connectivity index (χ3n) is 2.77. The van der Waals surface area contributed by atoms with Gasteiger partial charge in [0.25, 0.3) is 0 Å². The highest BCUT2D eigenvalue weighted by molar-refractivity contribution is 6.34. The van der Waals surface area contributed by atoms with Gasteiger partial charge in [-0.3, -0.25) is 4.79 Å². The van der Waals surface area contributed by atoms with E-state index >= 15 is 0 Å². The van der Waals surface area contributed by atoms with Crippen LogP contribution in [-0.4, -0.2) is 5.91 Å². The Labute approximate surface area is 116 Å². The van der Waals surface area contributed by atoms with Crippen molar-refractivity contribution in [3.8, 4) is 0 Å². The lowest BCUT2D eigenvalue weighted by Crippen LogP contribution is -2.11. The molecule has 1 amide bonds. The molecule has 3 N–H and O–H groups in total. The summed E-state index contributed by atoms with van der Waals surface area (Å²) in [6.07, 6.45) is 0.874.